The van der Waals surface area contributed by atoms with Crippen LogP contribution in [0.15, 0.2) is 42.6 Å². The van der Waals surface area contributed by atoms with Crippen LogP contribution in [0, 0.1) is 0 Å². The van der Waals surface area contributed by atoms with E-state index in [2.05, 4.69) is 28.7 Å². The Kier molecular flexibility index (Phi) is 4.53. The lowest BCUT2D eigenvalue weighted by atomic mass is 10.1. The number of rotatable bonds is 3. The van der Waals surface area contributed by atoms with Gasteiger partial charge >= 0.3 is 0 Å². The number of morpholine rings is 1. The molecule has 1 aliphatic rings. The number of benzene rings is 1. The van der Waals surface area contributed by atoms with Crippen LogP contribution in [-0.2, 0) is 11.3 Å². The van der Waals surface area contributed by atoms with E-state index in [1.54, 1.807) is 6.20 Å². The van der Waals surface area contributed by atoms with Gasteiger partial charge in [0.25, 0.3) is 0 Å². The van der Waals surface area contributed by atoms with Crippen molar-refractivity contribution in [3.63, 3.8) is 0 Å². The summed E-state index contributed by atoms with van der Waals surface area (Å²) in [5, 5.41) is 0.872. The van der Waals surface area contributed by atoms with Crippen molar-refractivity contribution in [1.82, 2.24) is 19.9 Å². The number of nitrogens with zero attached hydrogens (tertiary/aromatic N) is 4. The molecule has 3 heterocycles. The molecule has 1 saturated heterocycles. The molecule has 2 aromatic heterocycles. The predicted molar refractivity (Wildman–Crippen MR) is 102 cm³/mol. The van der Waals surface area contributed by atoms with Crippen LogP contribution in [0.2, 0.25) is 0 Å². The maximum Gasteiger partial charge on any atom is 0.145 e. The first-order chi connectivity index (χ1) is 12.6. The van der Waals surface area contributed by atoms with Gasteiger partial charge in [0.1, 0.15) is 11.6 Å². The lowest BCUT2D eigenvalue weighted by molar-refractivity contribution is -0.0710. The van der Waals surface area contributed by atoms with Crippen LogP contribution in [0.25, 0.3) is 22.2 Å². The van der Waals surface area contributed by atoms with E-state index in [1.165, 1.54) is 0 Å². The molecule has 0 radical (unpaired) electrons. The molecule has 0 saturated carbocycles. The molecular weight excluding hydrogens is 326 g/mol. The third-order valence-corrected chi connectivity index (χ3v) is 4.59. The number of fused-ring (bicyclic) bond motifs is 1. The van der Waals surface area contributed by atoms with Gasteiger partial charge in [-0.25, -0.2) is 9.97 Å². The molecule has 0 bridgehead atoms. The van der Waals surface area contributed by atoms with Gasteiger partial charge in [0.05, 0.1) is 30.0 Å². The molecule has 6 nitrogen and oxygen atoms in total. The maximum atomic E-state index is 6.20. The van der Waals surface area contributed by atoms with Crippen LogP contribution in [0.4, 0.5) is 5.82 Å². The van der Waals surface area contributed by atoms with Crippen molar-refractivity contribution in [3.05, 3.63) is 48.4 Å². The Labute approximate surface area is 153 Å². The summed E-state index contributed by atoms with van der Waals surface area (Å²) in [4.78, 5) is 16.0. The SMILES string of the molecule is CC1CN(Cc2nc(N)c3ccc(-c4ccccn4)cc3n2)CC(C)O1. The molecule has 2 unspecified atom stereocenters. The number of pyridine rings is 1. The fourth-order valence-electron chi connectivity index (χ4n) is 3.58. The number of nitrogen functional groups attached to an aromatic ring is 1. The van der Waals surface area contributed by atoms with Crippen molar-refractivity contribution in [2.24, 2.45) is 0 Å². The second kappa shape index (κ2) is 6.97. The highest BCUT2D eigenvalue weighted by Gasteiger charge is 2.23. The normalized spacial score (nSPS) is 21.2. The Morgan fingerprint density at radius 2 is 1.92 bits per heavy atom. The van der Waals surface area contributed by atoms with Crippen molar-refractivity contribution < 1.29 is 4.74 Å². The van der Waals surface area contributed by atoms with E-state index in [9.17, 15) is 0 Å². The van der Waals surface area contributed by atoms with Crippen LogP contribution < -0.4 is 5.73 Å². The molecule has 0 spiro atoms. The third-order valence-electron chi connectivity index (χ3n) is 4.59. The smallest absolute Gasteiger partial charge is 0.145 e. The zero-order valence-corrected chi connectivity index (χ0v) is 15.1. The zero-order valence-electron chi connectivity index (χ0n) is 15.1. The fraction of sp³-hybridized carbons (Fsp3) is 0.350. The quantitative estimate of drug-likeness (QED) is 0.783. The molecule has 4 rings (SSSR count). The first kappa shape index (κ1) is 16.9. The van der Waals surface area contributed by atoms with Crippen molar-refractivity contribution in [2.75, 3.05) is 18.8 Å². The second-order valence-electron chi connectivity index (χ2n) is 6.92. The summed E-state index contributed by atoms with van der Waals surface area (Å²) in [5.74, 6) is 1.27. The van der Waals surface area contributed by atoms with E-state index in [1.807, 2.05) is 36.4 Å². The number of hydrogen-bond donors (Lipinski definition) is 1. The molecule has 26 heavy (non-hydrogen) atoms. The van der Waals surface area contributed by atoms with Gasteiger partial charge in [-0.3, -0.25) is 9.88 Å². The molecule has 1 aliphatic heterocycles. The molecule has 0 amide bonds. The van der Waals surface area contributed by atoms with Gasteiger partial charge in [-0.15, -0.1) is 0 Å². The number of ether oxygens (including phenoxy) is 1. The van der Waals surface area contributed by atoms with Crippen LogP contribution in [0.1, 0.15) is 19.7 Å². The zero-order chi connectivity index (χ0) is 18.1. The van der Waals surface area contributed by atoms with Crippen molar-refractivity contribution in [2.45, 2.75) is 32.6 Å². The number of aromatic nitrogens is 3. The standard InChI is InChI=1S/C20H23N5O/c1-13-10-25(11-14(2)26-13)12-19-23-18-9-15(17-5-3-4-8-22-17)6-7-16(18)20(21)24-19/h3-9,13-14H,10-12H2,1-2H3,(H2,21,23,24). The molecule has 2 atom stereocenters. The molecule has 1 fully saturated rings. The molecule has 3 aromatic rings. The van der Waals surface area contributed by atoms with Crippen molar-refractivity contribution >= 4 is 16.7 Å². The van der Waals surface area contributed by atoms with Crippen molar-refractivity contribution in [3.8, 4) is 11.3 Å². The average Bonchev–Trinajstić information content (AvgIpc) is 2.61. The van der Waals surface area contributed by atoms with E-state index in [4.69, 9.17) is 15.5 Å². The molecule has 134 valence electrons. The highest BCUT2D eigenvalue weighted by Crippen LogP contribution is 2.25. The molecule has 2 N–H and O–H groups in total. The third kappa shape index (κ3) is 3.52. The summed E-state index contributed by atoms with van der Waals surface area (Å²) in [6.45, 7) is 6.61. The van der Waals surface area contributed by atoms with E-state index < -0.39 is 0 Å². The van der Waals surface area contributed by atoms with Crippen LogP contribution in [0.5, 0.6) is 0 Å². The van der Waals surface area contributed by atoms with Gasteiger partial charge in [-0.1, -0.05) is 12.1 Å². The average molecular weight is 349 g/mol. The first-order valence-electron chi connectivity index (χ1n) is 8.94. The monoisotopic (exact) mass is 349 g/mol. The summed E-state index contributed by atoms with van der Waals surface area (Å²) in [6.07, 6.45) is 2.22. The minimum Gasteiger partial charge on any atom is -0.383 e. The summed E-state index contributed by atoms with van der Waals surface area (Å²) in [5.41, 5.74) is 8.99. The Bertz CT molecular complexity index is 905. The van der Waals surface area contributed by atoms with Gasteiger partial charge in [0.2, 0.25) is 0 Å². The summed E-state index contributed by atoms with van der Waals surface area (Å²) in [7, 11) is 0. The van der Waals surface area contributed by atoms with Crippen LogP contribution in [0.3, 0.4) is 0 Å². The van der Waals surface area contributed by atoms with E-state index >= 15 is 0 Å². The van der Waals surface area contributed by atoms with Crippen molar-refractivity contribution in [1.29, 1.82) is 0 Å². The second-order valence-corrected chi connectivity index (χ2v) is 6.92. The van der Waals surface area contributed by atoms with Gasteiger partial charge in [0.15, 0.2) is 0 Å². The molecule has 6 heteroatoms. The number of hydrogen-bond acceptors (Lipinski definition) is 6. The summed E-state index contributed by atoms with van der Waals surface area (Å²) in [6, 6.07) is 11.9. The van der Waals surface area contributed by atoms with E-state index in [-0.39, 0.29) is 12.2 Å². The maximum absolute atomic E-state index is 6.20. The largest absolute Gasteiger partial charge is 0.383 e. The Balaban J connectivity index is 1.66. The summed E-state index contributed by atoms with van der Waals surface area (Å²) < 4.78 is 5.80. The highest BCUT2D eigenvalue weighted by atomic mass is 16.5. The highest BCUT2D eigenvalue weighted by molar-refractivity contribution is 5.90. The predicted octanol–water partition coefficient (Wildman–Crippen LogP) is 2.88. The lowest BCUT2D eigenvalue weighted by Crippen LogP contribution is -2.45. The minimum absolute atomic E-state index is 0.215. The topological polar surface area (TPSA) is 77.2 Å². The molecule has 0 aliphatic carbocycles. The molecular formula is C20H23N5O. The number of anilines is 1. The van der Waals surface area contributed by atoms with Gasteiger partial charge < -0.3 is 10.5 Å². The molecule has 1 aromatic carbocycles. The van der Waals surface area contributed by atoms with Gasteiger partial charge in [0, 0.05) is 30.2 Å². The van der Waals surface area contributed by atoms with Crippen LogP contribution >= 0.6 is 0 Å². The van der Waals surface area contributed by atoms with Gasteiger partial charge in [-0.2, -0.15) is 0 Å². The van der Waals surface area contributed by atoms with Crippen LogP contribution in [-0.4, -0.2) is 45.1 Å². The fourth-order valence-corrected chi connectivity index (χ4v) is 3.58. The Morgan fingerprint density at radius 3 is 2.65 bits per heavy atom. The van der Waals surface area contributed by atoms with Gasteiger partial charge in [-0.05, 0) is 38.1 Å². The first-order valence-corrected chi connectivity index (χ1v) is 8.94. The number of nitrogens with two attached hydrogens (primary N) is 1. The lowest BCUT2D eigenvalue weighted by Gasteiger charge is -2.34. The van der Waals surface area contributed by atoms with E-state index in [0.29, 0.717) is 12.4 Å². The van der Waals surface area contributed by atoms with E-state index in [0.717, 1.165) is 41.1 Å². The summed E-state index contributed by atoms with van der Waals surface area (Å²) >= 11 is 0. The Hall–Kier alpha value is -2.57. The Morgan fingerprint density at radius 1 is 1.12 bits per heavy atom. The minimum atomic E-state index is 0.215.